The van der Waals surface area contributed by atoms with Gasteiger partial charge in [-0.05, 0) is 18.6 Å². The van der Waals surface area contributed by atoms with Crippen LogP contribution in [0.3, 0.4) is 0 Å². The number of carbonyl (C=O) groups is 1. The van der Waals surface area contributed by atoms with E-state index in [-0.39, 0.29) is 18.0 Å². The van der Waals surface area contributed by atoms with Crippen LogP contribution in [-0.4, -0.2) is 5.91 Å². The molecule has 1 N–H and O–H groups in total. The van der Waals surface area contributed by atoms with E-state index in [0.29, 0.717) is 6.42 Å². The molecule has 0 saturated carbocycles. The maximum atomic E-state index is 12.6. The Hall–Kier alpha value is -1.52. The monoisotopic (exact) mass is 245 g/mol. The van der Waals surface area contributed by atoms with Gasteiger partial charge >= 0.3 is 6.18 Å². The summed E-state index contributed by atoms with van der Waals surface area (Å²) in [7, 11) is 0. The van der Waals surface area contributed by atoms with Crippen molar-refractivity contribution < 1.29 is 18.0 Å². The number of carbonyl (C=O) groups excluding carboxylic acids is 1. The van der Waals surface area contributed by atoms with Crippen LogP contribution in [0.2, 0.25) is 0 Å². The predicted octanol–water partition coefficient (Wildman–Crippen LogP) is 3.83. The number of anilines is 1. The van der Waals surface area contributed by atoms with E-state index in [1.54, 1.807) is 0 Å². The molecule has 0 spiro atoms. The fraction of sp³-hybridized carbons (Fsp3) is 0.417. The minimum Gasteiger partial charge on any atom is -0.326 e. The van der Waals surface area contributed by atoms with Crippen molar-refractivity contribution in [3.05, 3.63) is 29.8 Å². The number of unbranched alkanes of at least 4 members (excludes halogenated alkanes) is 1. The third-order valence-corrected chi connectivity index (χ3v) is 2.26. The maximum absolute atomic E-state index is 12.6. The molecule has 0 aliphatic rings. The first kappa shape index (κ1) is 13.5. The molecule has 2 nitrogen and oxygen atoms in total. The molecule has 1 aromatic rings. The van der Waals surface area contributed by atoms with Gasteiger partial charge in [-0.15, -0.1) is 0 Å². The normalized spacial score (nSPS) is 11.3. The Balaban J connectivity index is 2.81. The van der Waals surface area contributed by atoms with E-state index in [1.165, 1.54) is 18.2 Å². The van der Waals surface area contributed by atoms with Gasteiger partial charge in [0.15, 0.2) is 0 Å². The van der Waals surface area contributed by atoms with Crippen molar-refractivity contribution in [1.82, 2.24) is 0 Å². The molecule has 0 aromatic heterocycles. The molecule has 5 heteroatoms. The average molecular weight is 245 g/mol. The van der Waals surface area contributed by atoms with E-state index >= 15 is 0 Å². The lowest BCUT2D eigenvalue weighted by atomic mass is 10.1. The van der Waals surface area contributed by atoms with Crippen molar-refractivity contribution >= 4 is 11.6 Å². The molecule has 0 heterocycles. The number of amides is 1. The van der Waals surface area contributed by atoms with Gasteiger partial charge in [-0.2, -0.15) is 13.2 Å². The van der Waals surface area contributed by atoms with Crippen molar-refractivity contribution in [3.63, 3.8) is 0 Å². The Kier molecular flexibility index (Phi) is 4.54. The molecule has 94 valence electrons. The zero-order valence-electron chi connectivity index (χ0n) is 9.47. The third kappa shape index (κ3) is 4.09. The summed E-state index contributed by atoms with van der Waals surface area (Å²) in [6.07, 6.45) is -2.72. The standard InChI is InChI=1S/C12H14F3NO/c1-2-3-8-11(17)16-10-7-5-4-6-9(10)12(13,14)15/h4-7H,2-3,8H2,1H3,(H,16,17). The van der Waals surface area contributed by atoms with E-state index in [4.69, 9.17) is 0 Å². The molecule has 1 aromatic carbocycles. The summed E-state index contributed by atoms with van der Waals surface area (Å²) in [5, 5.41) is 2.29. The van der Waals surface area contributed by atoms with Gasteiger partial charge in [-0.1, -0.05) is 25.5 Å². The lowest BCUT2D eigenvalue weighted by molar-refractivity contribution is -0.137. The Morgan fingerprint density at radius 1 is 1.29 bits per heavy atom. The van der Waals surface area contributed by atoms with Crippen LogP contribution < -0.4 is 5.32 Å². The smallest absolute Gasteiger partial charge is 0.326 e. The highest BCUT2D eigenvalue weighted by molar-refractivity contribution is 5.91. The molecule has 1 amide bonds. The van der Waals surface area contributed by atoms with Gasteiger partial charge in [0.05, 0.1) is 11.3 Å². The highest BCUT2D eigenvalue weighted by atomic mass is 19.4. The van der Waals surface area contributed by atoms with Gasteiger partial charge in [0.2, 0.25) is 5.91 Å². The van der Waals surface area contributed by atoms with Crippen molar-refractivity contribution in [2.75, 3.05) is 5.32 Å². The fourth-order valence-corrected chi connectivity index (χ4v) is 1.39. The summed E-state index contributed by atoms with van der Waals surface area (Å²) in [6, 6.07) is 4.97. The summed E-state index contributed by atoms with van der Waals surface area (Å²) < 4.78 is 37.8. The largest absolute Gasteiger partial charge is 0.418 e. The van der Waals surface area contributed by atoms with E-state index < -0.39 is 11.7 Å². The zero-order valence-corrected chi connectivity index (χ0v) is 9.47. The molecule has 0 atom stereocenters. The SMILES string of the molecule is CCCCC(=O)Nc1ccccc1C(F)(F)F. The Morgan fingerprint density at radius 2 is 1.94 bits per heavy atom. The quantitative estimate of drug-likeness (QED) is 0.858. The van der Waals surface area contributed by atoms with Crippen molar-refractivity contribution in [2.45, 2.75) is 32.4 Å². The molecule has 0 saturated heterocycles. The zero-order chi connectivity index (χ0) is 12.9. The van der Waals surface area contributed by atoms with E-state index in [1.807, 2.05) is 6.92 Å². The maximum Gasteiger partial charge on any atom is 0.418 e. The molecule has 17 heavy (non-hydrogen) atoms. The minimum atomic E-state index is -4.45. The summed E-state index contributed by atoms with van der Waals surface area (Å²) in [4.78, 5) is 11.4. The number of hydrogen-bond acceptors (Lipinski definition) is 1. The number of nitrogens with one attached hydrogen (secondary N) is 1. The van der Waals surface area contributed by atoms with Crippen LogP contribution in [0.1, 0.15) is 31.7 Å². The van der Waals surface area contributed by atoms with Crippen LogP contribution in [0.4, 0.5) is 18.9 Å². The summed E-state index contributed by atoms with van der Waals surface area (Å²) in [6.45, 7) is 1.91. The second kappa shape index (κ2) is 5.70. The topological polar surface area (TPSA) is 29.1 Å². The first-order valence-electron chi connectivity index (χ1n) is 5.41. The van der Waals surface area contributed by atoms with Crippen molar-refractivity contribution in [2.24, 2.45) is 0 Å². The number of benzene rings is 1. The minimum absolute atomic E-state index is 0.180. The Labute approximate surface area is 97.8 Å². The first-order chi connectivity index (χ1) is 7.95. The lowest BCUT2D eigenvalue weighted by Gasteiger charge is -2.13. The van der Waals surface area contributed by atoms with Crippen molar-refractivity contribution in [3.8, 4) is 0 Å². The summed E-state index contributed by atoms with van der Waals surface area (Å²) >= 11 is 0. The fourth-order valence-electron chi connectivity index (χ4n) is 1.39. The highest BCUT2D eigenvalue weighted by Crippen LogP contribution is 2.34. The van der Waals surface area contributed by atoms with Crippen LogP contribution in [0.5, 0.6) is 0 Å². The van der Waals surface area contributed by atoms with Gasteiger partial charge in [0.1, 0.15) is 0 Å². The molecule has 0 aliphatic carbocycles. The van der Waals surface area contributed by atoms with Crippen molar-refractivity contribution in [1.29, 1.82) is 0 Å². The van der Waals surface area contributed by atoms with E-state index in [0.717, 1.165) is 12.5 Å². The Morgan fingerprint density at radius 3 is 2.53 bits per heavy atom. The summed E-state index contributed by atoms with van der Waals surface area (Å²) in [5.41, 5.74) is -0.994. The van der Waals surface area contributed by atoms with Crippen LogP contribution in [0, 0.1) is 0 Å². The molecule has 1 rings (SSSR count). The number of alkyl halides is 3. The molecule has 0 radical (unpaired) electrons. The molecular formula is C12H14F3NO. The second-order valence-corrected chi connectivity index (χ2v) is 3.70. The number of hydrogen-bond donors (Lipinski definition) is 1. The highest BCUT2D eigenvalue weighted by Gasteiger charge is 2.33. The molecule has 0 bridgehead atoms. The molecule has 0 fully saturated rings. The van der Waals surface area contributed by atoms with Gasteiger partial charge in [0, 0.05) is 6.42 Å². The van der Waals surface area contributed by atoms with Gasteiger partial charge in [0.25, 0.3) is 0 Å². The van der Waals surface area contributed by atoms with Crippen LogP contribution in [0.25, 0.3) is 0 Å². The number of halogens is 3. The predicted molar refractivity (Wildman–Crippen MR) is 59.6 cm³/mol. The molecular weight excluding hydrogens is 231 g/mol. The molecule has 0 aliphatic heterocycles. The van der Waals surface area contributed by atoms with Crippen LogP contribution >= 0.6 is 0 Å². The van der Waals surface area contributed by atoms with Crippen LogP contribution in [0.15, 0.2) is 24.3 Å². The Bertz CT molecular complexity index is 388. The van der Waals surface area contributed by atoms with E-state index in [2.05, 4.69) is 5.32 Å². The first-order valence-corrected chi connectivity index (χ1v) is 5.41. The van der Waals surface area contributed by atoms with Gasteiger partial charge in [-0.25, -0.2) is 0 Å². The number of rotatable bonds is 4. The molecule has 0 unspecified atom stereocenters. The van der Waals surface area contributed by atoms with E-state index in [9.17, 15) is 18.0 Å². The summed E-state index contributed by atoms with van der Waals surface area (Å²) in [5.74, 6) is -0.386. The third-order valence-electron chi connectivity index (χ3n) is 2.26. The number of para-hydroxylation sites is 1. The average Bonchev–Trinajstić information content (AvgIpc) is 2.25. The van der Waals surface area contributed by atoms with Crippen LogP contribution in [-0.2, 0) is 11.0 Å². The second-order valence-electron chi connectivity index (χ2n) is 3.70. The van der Waals surface area contributed by atoms with Gasteiger partial charge in [-0.3, -0.25) is 4.79 Å². The van der Waals surface area contributed by atoms with Gasteiger partial charge < -0.3 is 5.32 Å². The lowest BCUT2D eigenvalue weighted by Crippen LogP contribution is -2.16.